The standard InChI is InChI=1S/C20H18N6O3/c27-20(28)25-9-7-14(8-10-25)19-22-17-11-15(3-6-18(17)29-19)13-1-4-16(5-2-13)26-12-21-23-24-26/h1-6,11-12,14H,7-10H2,(H,27,28). The average Bonchev–Trinajstić information content (AvgIpc) is 3.43. The number of aromatic nitrogens is 5. The number of benzene rings is 2. The number of hydrogen-bond donors (Lipinski definition) is 1. The minimum atomic E-state index is -0.864. The van der Waals surface area contributed by atoms with E-state index in [9.17, 15) is 4.79 Å². The van der Waals surface area contributed by atoms with Crippen molar-refractivity contribution in [2.24, 2.45) is 0 Å². The van der Waals surface area contributed by atoms with Gasteiger partial charge in [-0.05, 0) is 58.7 Å². The van der Waals surface area contributed by atoms with Crippen molar-refractivity contribution in [3.63, 3.8) is 0 Å². The van der Waals surface area contributed by atoms with Crippen molar-refractivity contribution in [3.05, 3.63) is 54.7 Å². The Kier molecular flexibility index (Phi) is 4.19. The van der Waals surface area contributed by atoms with E-state index >= 15 is 0 Å². The summed E-state index contributed by atoms with van der Waals surface area (Å²) in [6.45, 7) is 1.02. The first-order valence-corrected chi connectivity index (χ1v) is 9.39. The lowest BCUT2D eigenvalue weighted by Crippen LogP contribution is -2.36. The van der Waals surface area contributed by atoms with E-state index in [0.29, 0.717) is 19.0 Å². The third-order valence-electron chi connectivity index (χ3n) is 5.33. The second kappa shape index (κ2) is 7.01. The molecule has 5 rings (SSSR count). The molecular weight excluding hydrogens is 372 g/mol. The molecule has 0 bridgehead atoms. The highest BCUT2D eigenvalue weighted by atomic mass is 16.4. The van der Waals surface area contributed by atoms with Crippen LogP contribution in [0, 0.1) is 0 Å². The van der Waals surface area contributed by atoms with Gasteiger partial charge in [-0.25, -0.2) is 14.5 Å². The van der Waals surface area contributed by atoms with Gasteiger partial charge in [0.05, 0.1) is 5.69 Å². The lowest BCUT2D eigenvalue weighted by Gasteiger charge is -2.28. The van der Waals surface area contributed by atoms with Crippen molar-refractivity contribution in [1.82, 2.24) is 30.1 Å². The van der Waals surface area contributed by atoms with Gasteiger partial charge in [-0.2, -0.15) is 0 Å². The molecule has 0 unspecified atom stereocenters. The zero-order chi connectivity index (χ0) is 19.8. The lowest BCUT2D eigenvalue weighted by molar-refractivity contribution is 0.129. The maximum atomic E-state index is 11.1. The van der Waals surface area contributed by atoms with Gasteiger partial charge >= 0.3 is 6.09 Å². The van der Waals surface area contributed by atoms with E-state index < -0.39 is 6.09 Å². The van der Waals surface area contributed by atoms with Crippen molar-refractivity contribution >= 4 is 17.2 Å². The summed E-state index contributed by atoms with van der Waals surface area (Å²) < 4.78 is 7.56. The molecule has 0 radical (unpaired) electrons. The number of carboxylic acid groups (broad SMARTS) is 1. The fourth-order valence-corrected chi connectivity index (χ4v) is 3.70. The lowest BCUT2D eigenvalue weighted by atomic mass is 9.97. The van der Waals surface area contributed by atoms with Crippen LogP contribution in [-0.4, -0.2) is 54.4 Å². The molecule has 0 aliphatic carbocycles. The highest BCUT2D eigenvalue weighted by Crippen LogP contribution is 2.32. The third kappa shape index (κ3) is 3.31. The van der Waals surface area contributed by atoms with Gasteiger partial charge in [0.25, 0.3) is 0 Å². The highest BCUT2D eigenvalue weighted by molar-refractivity contribution is 5.80. The molecule has 0 atom stereocenters. The van der Waals surface area contributed by atoms with Gasteiger partial charge in [0.2, 0.25) is 0 Å². The van der Waals surface area contributed by atoms with E-state index in [1.807, 2.05) is 42.5 Å². The Balaban J connectivity index is 1.38. The SMILES string of the molecule is O=C(O)N1CCC(c2nc3cc(-c4ccc(-n5cnnn5)cc4)ccc3o2)CC1. The first kappa shape index (κ1) is 17.4. The van der Waals surface area contributed by atoms with E-state index in [0.717, 1.165) is 40.8 Å². The molecule has 1 aliphatic heterocycles. The predicted molar refractivity (Wildman–Crippen MR) is 104 cm³/mol. The van der Waals surface area contributed by atoms with Gasteiger partial charge in [0.15, 0.2) is 11.5 Å². The molecular formula is C20H18N6O3. The minimum Gasteiger partial charge on any atom is -0.465 e. The van der Waals surface area contributed by atoms with Gasteiger partial charge in [-0.1, -0.05) is 18.2 Å². The van der Waals surface area contributed by atoms with E-state index in [4.69, 9.17) is 9.52 Å². The first-order chi connectivity index (χ1) is 14.2. The molecule has 3 heterocycles. The Morgan fingerprint density at radius 2 is 1.83 bits per heavy atom. The number of oxazole rings is 1. The van der Waals surface area contributed by atoms with Crippen molar-refractivity contribution in [3.8, 4) is 16.8 Å². The van der Waals surface area contributed by atoms with Crippen LogP contribution in [0.2, 0.25) is 0 Å². The largest absolute Gasteiger partial charge is 0.465 e. The maximum Gasteiger partial charge on any atom is 0.407 e. The number of piperidine rings is 1. The smallest absolute Gasteiger partial charge is 0.407 e. The van der Waals surface area contributed by atoms with Crippen molar-refractivity contribution < 1.29 is 14.3 Å². The van der Waals surface area contributed by atoms with Crippen molar-refractivity contribution in [1.29, 1.82) is 0 Å². The quantitative estimate of drug-likeness (QED) is 0.571. The van der Waals surface area contributed by atoms with Crippen molar-refractivity contribution in [2.75, 3.05) is 13.1 Å². The molecule has 4 aromatic rings. The van der Waals surface area contributed by atoms with Crippen LogP contribution in [-0.2, 0) is 0 Å². The van der Waals surface area contributed by atoms with Crippen molar-refractivity contribution in [2.45, 2.75) is 18.8 Å². The van der Waals surface area contributed by atoms with Gasteiger partial charge < -0.3 is 14.4 Å². The first-order valence-electron chi connectivity index (χ1n) is 9.39. The molecule has 1 N–H and O–H groups in total. The van der Waals surface area contributed by atoms with Crippen LogP contribution in [0.1, 0.15) is 24.7 Å². The summed E-state index contributed by atoms with van der Waals surface area (Å²) in [7, 11) is 0. The number of nitrogens with zero attached hydrogens (tertiary/aromatic N) is 6. The minimum absolute atomic E-state index is 0.150. The Morgan fingerprint density at radius 1 is 1.07 bits per heavy atom. The number of likely N-dealkylation sites (tertiary alicyclic amines) is 1. The summed E-state index contributed by atoms with van der Waals surface area (Å²) in [6, 6.07) is 13.9. The molecule has 0 saturated carbocycles. The fourth-order valence-electron chi connectivity index (χ4n) is 3.70. The van der Waals surface area contributed by atoms with Crippen LogP contribution < -0.4 is 0 Å². The summed E-state index contributed by atoms with van der Waals surface area (Å²) >= 11 is 0. The van der Waals surface area contributed by atoms with Crippen LogP contribution >= 0.6 is 0 Å². The summed E-state index contributed by atoms with van der Waals surface area (Å²) in [6.07, 6.45) is 2.14. The average molecular weight is 390 g/mol. The number of hydrogen-bond acceptors (Lipinski definition) is 6. The molecule has 2 aromatic heterocycles. The van der Waals surface area contributed by atoms with E-state index in [2.05, 4.69) is 20.5 Å². The Hall–Kier alpha value is -3.75. The summed E-state index contributed by atoms with van der Waals surface area (Å²) in [5.74, 6) is 0.841. The third-order valence-corrected chi connectivity index (χ3v) is 5.33. The summed E-state index contributed by atoms with van der Waals surface area (Å²) in [5.41, 5.74) is 4.54. The topological polar surface area (TPSA) is 110 Å². The number of amides is 1. The molecule has 1 aliphatic rings. The zero-order valence-corrected chi connectivity index (χ0v) is 15.5. The molecule has 146 valence electrons. The van der Waals surface area contributed by atoms with Gasteiger partial charge in [-0.3, -0.25) is 0 Å². The molecule has 1 amide bonds. The maximum absolute atomic E-state index is 11.1. The Morgan fingerprint density at radius 3 is 2.52 bits per heavy atom. The van der Waals surface area contributed by atoms with E-state index in [-0.39, 0.29) is 5.92 Å². The molecule has 1 fully saturated rings. The number of tetrazole rings is 1. The van der Waals surface area contributed by atoms with E-state index in [1.165, 1.54) is 4.90 Å². The highest BCUT2D eigenvalue weighted by Gasteiger charge is 2.26. The Labute approximate surface area is 165 Å². The predicted octanol–water partition coefficient (Wildman–Crippen LogP) is 3.33. The second-order valence-electron chi connectivity index (χ2n) is 7.08. The number of rotatable bonds is 3. The Bertz CT molecular complexity index is 1140. The van der Waals surface area contributed by atoms with Crippen LogP contribution in [0.3, 0.4) is 0 Å². The summed E-state index contributed by atoms with van der Waals surface area (Å²) in [5, 5.41) is 20.3. The van der Waals surface area contributed by atoms with Gasteiger partial charge in [-0.15, -0.1) is 5.10 Å². The molecule has 2 aromatic carbocycles. The van der Waals surface area contributed by atoms with E-state index in [1.54, 1.807) is 11.0 Å². The zero-order valence-electron chi connectivity index (χ0n) is 15.5. The van der Waals surface area contributed by atoms with Crippen LogP contribution in [0.15, 0.2) is 53.2 Å². The molecule has 29 heavy (non-hydrogen) atoms. The molecule has 0 spiro atoms. The second-order valence-corrected chi connectivity index (χ2v) is 7.08. The van der Waals surface area contributed by atoms with Gasteiger partial charge in [0.1, 0.15) is 11.8 Å². The normalized spacial score (nSPS) is 15.1. The van der Waals surface area contributed by atoms with Crippen LogP contribution in [0.5, 0.6) is 0 Å². The molecule has 1 saturated heterocycles. The molecule has 9 nitrogen and oxygen atoms in total. The summed E-state index contributed by atoms with van der Waals surface area (Å²) in [4.78, 5) is 17.2. The van der Waals surface area contributed by atoms with Crippen LogP contribution in [0.4, 0.5) is 4.79 Å². The van der Waals surface area contributed by atoms with Crippen LogP contribution in [0.25, 0.3) is 27.9 Å². The number of fused-ring (bicyclic) bond motifs is 1. The molecule has 9 heteroatoms. The fraction of sp³-hybridized carbons (Fsp3) is 0.250. The van der Waals surface area contributed by atoms with Gasteiger partial charge in [0, 0.05) is 19.0 Å². The number of carbonyl (C=O) groups is 1. The monoisotopic (exact) mass is 390 g/mol.